The first-order valence-corrected chi connectivity index (χ1v) is 7.64. The molecule has 5 saturated carbocycles. The van der Waals surface area contributed by atoms with Gasteiger partial charge in [-0.05, 0) is 69.1 Å². The van der Waals surface area contributed by atoms with Crippen molar-refractivity contribution in [2.45, 2.75) is 62.9 Å². The zero-order valence-electron chi connectivity index (χ0n) is 10.9. The maximum atomic E-state index is 11.1. The highest BCUT2D eigenvalue weighted by Crippen LogP contribution is 2.56. The van der Waals surface area contributed by atoms with Gasteiger partial charge < -0.3 is 10.4 Å². The number of carbonyl (C=O) groups is 1. The van der Waals surface area contributed by atoms with E-state index in [-0.39, 0.29) is 12.0 Å². The molecule has 2 unspecified atom stereocenters. The SMILES string of the molecule is O=C(O)C1CCC1NC12CC3CC(CC(C3)C1)C2. The first-order chi connectivity index (χ1) is 8.63. The average molecular weight is 249 g/mol. The molecular formula is C15H23NO2. The third-order valence-corrected chi connectivity index (χ3v) is 6.12. The van der Waals surface area contributed by atoms with E-state index in [9.17, 15) is 9.90 Å². The standard InChI is InChI=1S/C15H23NO2/c17-14(18)12-1-2-13(12)16-15-6-9-3-10(7-15)5-11(4-9)8-15/h9-13,16H,1-8H2,(H,17,18). The fraction of sp³-hybridized carbons (Fsp3) is 0.933. The number of aliphatic carboxylic acids is 1. The van der Waals surface area contributed by atoms with E-state index in [1.54, 1.807) is 0 Å². The molecule has 5 aliphatic rings. The Kier molecular flexibility index (Phi) is 2.33. The maximum absolute atomic E-state index is 11.1. The second kappa shape index (κ2) is 3.72. The van der Waals surface area contributed by atoms with E-state index in [1.807, 2.05) is 0 Å². The van der Waals surface area contributed by atoms with Gasteiger partial charge in [-0.15, -0.1) is 0 Å². The second-order valence-corrected chi connectivity index (χ2v) is 7.47. The van der Waals surface area contributed by atoms with Crippen LogP contribution in [0.5, 0.6) is 0 Å². The van der Waals surface area contributed by atoms with Crippen LogP contribution < -0.4 is 5.32 Å². The van der Waals surface area contributed by atoms with E-state index in [1.165, 1.54) is 38.5 Å². The summed E-state index contributed by atoms with van der Waals surface area (Å²) in [6.45, 7) is 0. The van der Waals surface area contributed by atoms with Crippen LogP contribution in [0.15, 0.2) is 0 Å². The average Bonchev–Trinajstić information content (AvgIpc) is 2.21. The Hall–Kier alpha value is -0.570. The van der Waals surface area contributed by atoms with Gasteiger partial charge in [-0.25, -0.2) is 0 Å². The summed E-state index contributed by atoms with van der Waals surface area (Å²) < 4.78 is 0. The van der Waals surface area contributed by atoms with Gasteiger partial charge in [0.1, 0.15) is 0 Å². The van der Waals surface area contributed by atoms with E-state index in [0.717, 1.165) is 30.6 Å². The van der Waals surface area contributed by atoms with Gasteiger partial charge in [-0.3, -0.25) is 4.79 Å². The van der Waals surface area contributed by atoms with Gasteiger partial charge in [0.05, 0.1) is 5.92 Å². The van der Waals surface area contributed by atoms with Crippen molar-refractivity contribution < 1.29 is 9.90 Å². The molecule has 18 heavy (non-hydrogen) atoms. The van der Waals surface area contributed by atoms with Gasteiger partial charge in [0, 0.05) is 11.6 Å². The molecule has 2 atom stereocenters. The van der Waals surface area contributed by atoms with Crippen molar-refractivity contribution in [1.82, 2.24) is 5.32 Å². The van der Waals surface area contributed by atoms with Crippen molar-refractivity contribution >= 4 is 5.97 Å². The summed E-state index contributed by atoms with van der Waals surface area (Å²) in [7, 11) is 0. The van der Waals surface area contributed by atoms with Crippen LogP contribution >= 0.6 is 0 Å². The Morgan fingerprint density at radius 2 is 1.56 bits per heavy atom. The van der Waals surface area contributed by atoms with E-state index >= 15 is 0 Å². The maximum Gasteiger partial charge on any atom is 0.308 e. The van der Waals surface area contributed by atoms with Crippen LogP contribution in [0, 0.1) is 23.7 Å². The van der Waals surface area contributed by atoms with E-state index in [2.05, 4.69) is 5.32 Å². The second-order valence-electron chi connectivity index (χ2n) is 7.47. The van der Waals surface area contributed by atoms with Gasteiger partial charge in [-0.1, -0.05) is 0 Å². The Bertz CT molecular complexity index is 343. The number of nitrogens with one attached hydrogen (secondary N) is 1. The molecule has 0 aromatic rings. The van der Waals surface area contributed by atoms with Crippen molar-refractivity contribution in [3.63, 3.8) is 0 Å². The van der Waals surface area contributed by atoms with Crippen molar-refractivity contribution in [1.29, 1.82) is 0 Å². The van der Waals surface area contributed by atoms with Crippen LogP contribution in [0.2, 0.25) is 0 Å². The minimum Gasteiger partial charge on any atom is -0.481 e. The number of carboxylic acids is 1. The van der Waals surface area contributed by atoms with Gasteiger partial charge in [-0.2, -0.15) is 0 Å². The molecule has 2 N–H and O–H groups in total. The fourth-order valence-electron chi connectivity index (χ4n) is 5.65. The third-order valence-electron chi connectivity index (χ3n) is 6.12. The lowest BCUT2D eigenvalue weighted by Crippen LogP contribution is -2.64. The lowest BCUT2D eigenvalue weighted by Gasteiger charge is -2.59. The molecule has 5 rings (SSSR count). The summed E-state index contributed by atoms with van der Waals surface area (Å²) in [6.07, 6.45) is 10.3. The Labute approximate surface area is 108 Å². The van der Waals surface area contributed by atoms with Crippen molar-refractivity contribution in [2.24, 2.45) is 23.7 Å². The number of carboxylic acid groups (broad SMARTS) is 1. The molecule has 0 radical (unpaired) electrons. The van der Waals surface area contributed by atoms with Crippen molar-refractivity contribution in [2.75, 3.05) is 0 Å². The smallest absolute Gasteiger partial charge is 0.308 e. The molecular weight excluding hydrogens is 226 g/mol. The van der Waals surface area contributed by atoms with Crippen LogP contribution in [-0.2, 0) is 4.79 Å². The first-order valence-electron chi connectivity index (χ1n) is 7.64. The van der Waals surface area contributed by atoms with E-state index in [0.29, 0.717) is 5.54 Å². The Morgan fingerprint density at radius 3 is 1.94 bits per heavy atom. The predicted molar refractivity (Wildman–Crippen MR) is 68.2 cm³/mol. The minimum absolute atomic E-state index is 0.113. The molecule has 4 bridgehead atoms. The van der Waals surface area contributed by atoms with Gasteiger partial charge in [0.25, 0.3) is 0 Å². The first kappa shape index (κ1) is 11.3. The molecule has 0 amide bonds. The molecule has 3 heteroatoms. The zero-order chi connectivity index (χ0) is 12.3. The minimum atomic E-state index is -0.594. The molecule has 3 nitrogen and oxygen atoms in total. The lowest BCUT2D eigenvalue weighted by atomic mass is 9.52. The molecule has 0 saturated heterocycles. The number of rotatable bonds is 3. The molecule has 0 aromatic carbocycles. The highest BCUT2D eigenvalue weighted by Gasteiger charge is 2.53. The third kappa shape index (κ3) is 1.63. The summed E-state index contributed by atoms with van der Waals surface area (Å²) >= 11 is 0. The van der Waals surface area contributed by atoms with Crippen molar-refractivity contribution in [3.8, 4) is 0 Å². The molecule has 100 valence electrons. The predicted octanol–water partition coefficient (Wildman–Crippen LogP) is 2.41. The highest BCUT2D eigenvalue weighted by molar-refractivity contribution is 5.72. The molecule has 0 spiro atoms. The molecule has 0 aromatic heterocycles. The van der Waals surface area contributed by atoms with E-state index < -0.39 is 5.97 Å². The van der Waals surface area contributed by atoms with Crippen LogP contribution in [0.25, 0.3) is 0 Å². The monoisotopic (exact) mass is 249 g/mol. The molecule has 5 fully saturated rings. The summed E-state index contributed by atoms with van der Waals surface area (Å²) in [6, 6.07) is 0.263. The summed E-state index contributed by atoms with van der Waals surface area (Å²) in [5.41, 5.74) is 0.327. The Morgan fingerprint density at radius 1 is 1.00 bits per heavy atom. The van der Waals surface area contributed by atoms with E-state index in [4.69, 9.17) is 0 Å². The Balaban J connectivity index is 1.49. The fourth-order valence-corrected chi connectivity index (χ4v) is 5.65. The molecule has 0 heterocycles. The highest BCUT2D eigenvalue weighted by atomic mass is 16.4. The molecule has 0 aliphatic heterocycles. The normalized spacial score (nSPS) is 53.2. The van der Waals surface area contributed by atoms with Crippen LogP contribution in [-0.4, -0.2) is 22.7 Å². The largest absolute Gasteiger partial charge is 0.481 e. The van der Waals surface area contributed by atoms with Crippen LogP contribution in [0.4, 0.5) is 0 Å². The number of hydrogen-bond donors (Lipinski definition) is 2. The van der Waals surface area contributed by atoms with Crippen LogP contribution in [0.1, 0.15) is 51.4 Å². The van der Waals surface area contributed by atoms with Gasteiger partial charge in [0.15, 0.2) is 0 Å². The van der Waals surface area contributed by atoms with Crippen molar-refractivity contribution in [3.05, 3.63) is 0 Å². The topological polar surface area (TPSA) is 49.3 Å². The van der Waals surface area contributed by atoms with Gasteiger partial charge >= 0.3 is 5.97 Å². The summed E-state index contributed by atoms with van der Waals surface area (Å²) in [5, 5.41) is 13.0. The summed E-state index contributed by atoms with van der Waals surface area (Å²) in [5.74, 6) is 2.10. The number of hydrogen-bond acceptors (Lipinski definition) is 2. The molecule has 5 aliphatic carbocycles. The lowest BCUT2D eigenvalue weighted by molar-refractivity contribution is -0.147. The summed E-state index contributed by atoms with van der Waals surface area (Å²) in [4.78, 5) is 11.1. The van der Waals surface area contributed by atoms with Crippen LogP contribution in [0.3, 0.4) is 0 Å². The quantitative estimate of drug-likeness (QED) is 0.807. The van der Waals surface area contributed by atoms with Gasteiger partial charge in [0.2, 0.25) is 0 Å². The zero-order valence-corrected chi connectivity index (χ0v) is 10.9.